The van der Waals surface area contributed by atoms with Gasteiger partial charge < -0.3 is 9.47 Å². The lowest BCUT2D eigenvalue weighted by atomic mass is 10.1. The van der Waals surface area contributed by atoms with Crippen molar-refractivity contribution in [1.29, 1.82) is 0 Å². The van der Waals surface area contributed by atoms with Gasteiger partial charge in [0, 0.05) is 6.54 Å². The standard InChI is InChI=1S/C17H20FNO4S/c1-22-16-8-5-13(11-17(16)23-2)9-10-24(20,21)19-12-14-3-6-15(18)7-4-14/h3-8,11,19H,9-10,12H2,1-2H3. The largest absolute Gasteiger partial charge is 0.493 e. The van der Waals surface area contributed by atoms with Gasteiger partial charge in [-0.3, -0.25) is 0 Å². The molecule has 7 heteroatoms. The van der Waals surface area contributed by atoms with E-state index >= 15 is 0 Å². The normalized spacial score (nSPS) is 11.3. The van der Waals surface area contributed by atoms with Crippen LogP contribution in [0.1, 0.15) is 11.1 Å². The number of rotatable bonds is 8. The highest BCUT2D eigenvalue weighted by molar-refractivity contribution is 7.89. The zero-order valence-corrected chi connectivity index (χ0v) is 14.4. The molecule has 130 valence electrons. The van der Waals surface area contributed by atoms with Gasteiger partial charge in [0.05, 0.1) is 20.0 Å². The third kappa shape index (κ3) is 5.21. The summed E-state index contributed by atoms with van der Waals surface area (Å²) in [5.41, 5.74) is 1.53. The second-order valence-electron chi connectivity index (χ2n) is 5.21. The first kappa shape index (κ1) is 18.2. The molecule has 0 atom stereocenters. The number of benzene rings is 2. The molecule has 0 fully saturated rings. The van der Waals surface area contributed by atoms with Gasteiger partial charge in [-0.2, -0.15) is 0 Å². The van der Waals surface area contributed by atoms with Crippen molar-refractivity contribution in [1.82, 2.24) is 4.72 Å². The second kappa shape index (κ2) is 8.12. The first-order chi connectivity index (χ1) is 11.4. The Morgan fingerprint density at radius 2 is 1.58 bits per heavy atom. The minimum Gasteiger partial charge on any atom is -0.493 e. The highest BCUT2D eigenvalue weighted by Gasteiger charge is 2.12. The fourth-order valence-corrected chi connectivity index (χ4v) is 3.19. The van der Waals surface area contributed by atoms with Crippen molar-refractivity contribution >= 4 is 10.0 Å². The Morgan fingerprint density at radius 3 is 2.21 bits per heavy atom. The topological polar surface area (TPSA) is 64.6 Å². The van der Waals surface area contributed by atoms with Gasteiger partial charge in [0.1, 0.15) is 5.82 Å². The van der Waals surface area contributed by atoms with E-state index in [0.29, 0.717) is 23.5 Å². The molecule has 2 aromatic rings. The molecule has 0 aliphatic heterocycles. The first-order valence-electron chi connectivity index (χ1n) is 7.36. The molecular formula is C17H20FNO4S. The Balaban J connectivity index is 1.93. The third-order valence-electron chi connectivity index (χ3n) is 3.52. The number of methoxy groups -OCH3 is 2. The van der Waals surface area contributed by atoms with E-state index in [-0.39, 0.29) is 18.1 Å². The van der Waals surface area contributed by atoms with Crippen molar-refractivity contribution in [2.24, 2.45) is 0 Å². The SMILES string of the molecule is COc1ccc(CCS(=O)(=O)NCc2ccc(F)cc2)cc1OC. The molecular weight excluding hydrogens is 333 g/mol. The number of halogens is 1. The minimum atomic E-state index is -3.44. The lowest BCUT2D eigenvalue weighted by molar-refractivity contribution is 0.354. The van der Waals surface area contributed by atoms with E-state index in [0.717, 1.165) is 5.56 Å². The number of ether oxygens (including phenoxy) is 2. The molecule has 24 heavy (non-hydrogen) atoms. The molecule has 0 radical (unpaired) electrons. The van der Waals surface area contributed by atoms with Gasteiger partial charge in [0.15, 0.2) is 11.5 Å². The Kier molecular flexibility index (Phi) is 6.16. The summed E-state index contributed by atoms with van der Waals surface area (Å²) in [6, 6.07) is 11.0. The first-order valence-corrected chi connectivity index (χ1v) is 9.01. The molecule has 2 rings (SSSR count). The number of hydrogen-bond acceptors (Lipinski definition) is 4. The van der Waals surface area contributed by atoms with Crippen molar-refractivity contribution in [2.75, 3.05) is 20.0 Å². The van der Waals surface area contributed by atoms with Gasteiger partial charge in [-0.25, -0.2) is 17.5 Å². The fourth-order valence-electron chi connectivity index (χ4n) is 2.16. The Hall–Kier alpha value is -2.12. The highest BCUT2D eigenvalue weighted by atomic mass is 32.2. The van der Waals surface area contributed by atoms with Crippen molar-refractivity contribution in [3.05, 3.63) is 59.4 Å². The second-order valence-corrected chi connectivity index (χ2v) is 7.13. The zero-order chi connectivity index (χ0) is 17.6. The summed E-state index contributed by atoms with van der Waals surface area (Å²) in [6.45, 7) is 0.133. The lowest BCUT2D eigenvalue weighted by Crippen LogP contribution is -2.26. The molecule has 0 aliphatic rings. The smallest absolute Gasteiger partial charge is 0.212 e. The maximum absolute atomic E-state index is 12.8. The third-order valence-corrected chi connectivity index (χ3v) is 4.84. The van der Waals surface area contributed by atoms with E-state index in [2.05, 4.69) is 4.72 Å². The van der Waals surface area contributed by atoms with Crippen molar-refractivity contribution in [2.45, 2.75) is 13.0 Å². The van der Waals surface area contributed by atoms with Crippen LogP contribution in [-0.2, 0) is 23.0 Å². The maximum Gasteiger partial charge on any atom is 0.212 e. The van der Waals surface area contributed by atoms with E-state index in [1.165, 1.54) is 19.2 Å². The zero-order valence-electron chi connectivity index (χ0n) is 13.6. The van der Waals surface area contributed by atoms with E-state index in [9.17, 15) is 12.8 Å². The van der Waals surface area contributed by atoms with Gasteiger partial charge >= 0.3 is 0 Å². The average molecular weight is 353 g/mol. The highest BCUT2D eigenvalue weighted by Crippen LogP contribution is 2.27. The molecule has 0 bridgehead atoms. The molecule has 0 heterocycles. The summed E-state index contributed by atoms with van der Waals surface area (Å²) >= 11 is 0. The summed E-state index contributed by atoms with van der Waals surface area (Å²) in [7, 11) is -0.366. The average Bonchev–Trinajstić information content (AvgIpc) is 2.59. The molecule has 0 aliphatic carbocycles. The van der Waals surface area contributed by atoms with Crippen LogP contribution < -0.4 is 14.2 Å². The molecule has 0 spiro atoms. The Labute approximate surface area is 141 Å². The van der Waals surface area contributed by atoms with Gasteiger partial charge in [0.2, 0.25) is 10.0 Å². The van der Waals surface area contributed by atoms with Crippen LogP contribution in [0, 0.1) is 5.82 Å². The van der Waals surface area contributed by atoms with E-state index in [1.807, 2.05) is 0 Å². The number of nitrogens with one attached hydrogen (secondary N) is 1. The van der Waals surface area contributed by atoms with E-state index in [1.54, 1.807) is 37.4 Å². The minimum absolute atomic E-state index is 0.0519. The van der Waals surface area contributed by atoms with Crippen LogP contribution in [0.3, 0.4) is 0 Å². The molecule has 0 unspecified atom stereocenters. The molecule has 0 saturated carbocycles. The van der Waals surface area contributed by atoms with E-state index in [4.69, 9.17) is 9.47 Å². The van der Waals surface area contributed by atoms with Gasteiger partial charge in [-0.1, -0.05) is 18.2 Å². The van der Waals surface area contributed by atoms with Crippen molar-refractivity contribution in [3.63, 3.8) is 0 Å². The molecule has 0 amide bonds. The summed E-state index contributed by atoms with van der Waals surface area (Å²) in [5.74, 6) is 0.754. The number of hydrogen-bond donors (Lipinski definition) is 1. The van der Waals surface area contributed by atoms with Crippen LogP contribution in [-0.4, -0.2) is 28.4 Å². The van der Waals surface area contributed by atoms with Crippen LogP contribution in [0.4, 0.5) is 4.39 Å². The Morgan fingerprint density at radius 1 is 0.958 bits per heavy atom. The van der Waals surface area contributed by atoms with Crippen LogP contribution in [0.5, 0.6) is 11.5 Å². The number of sulfonamides is 1. The molecule has 5 nitrogen and oxygen atoms in total. The van der Waals surface area contributed by atoms with Crippen molar-refractivity contribution in [3.8, 4) is 11.5 Å². The maximum atomic E-state index is 12.8. The van der Waals surface area contributed by atoms with Crippen LogP contribution >= 0.6 is 0 Å². The summed E-state index contributed by atoms with van der Waals surface area (Å²) < 4.78 is 49.9. The van der Waals surface area contributed by atoms with Gasteiger partial charge in [-0.15, -0.1) is 0 Å². The fraction of sp³-hybridized carbons (Fsp3) is 0.294. The monoisotopic (exact) mass is 353 g/mol. The molecule has 0 saturated heterocycles. The lowest BCUT2D eigenvalue weighted by Gasteiger charge is -2.10. The van der Waals surface area contributed by atoms with Crippen molar-refractivity contribution < 1.29 is 22.3 Å². The summed E-state index contributed by atoms with van der Waals surface area (Å²) in [4.78, 5) is 0. The summed E-state index contributed by atoms with van der Waals surface area (Å²) in [5, 5.41) is 0. The predicted octanol–water partition coefficient (Wildman–Crippen LogP) is 2.51. The van der Waals surface area contributed by atoms with Gasteiger partial charge in [0.25, 0.3) is 0 Å². The molecule has 2 aromatic carbocycles. The molecule has 1 N–H and O–H groups in total. The Bertz CT molecular complexity index is 776. The molecule has 0 aromatic heterocycles. The van der Waals surface area contributed by atoms with Crippen LogP contribution in [0.25, 0.3) is 0 Å². The van der Waals surface area contributed by atoms with Gasteiger partial charge in [-0.05, 0) is 41.8 Å². The predicted molar refractivity (Wildman–Crippen MR) is 90.3 cm³/mol. The number of aryl methyl sites for hydroxylation is 1. The van der Waals surface area contributed by atoms with Crippen LogP contribution in [0.2, 0.25) is 0 Å². The van der Waals surface area contributed by atoms with Crippen LogP contribution in [0.15, 0.2) is 42.5 Å². The summed E-state index contributed by atoms with van der Waals surface area (Å²) in [6.07, 6.45) is 0.346. The van der Waals surface area contributed by atoms with E-state index < -0.39 is 10.0 Å². The quantitative estimate of drug-likeness (QED) is 0.792.